The smallest absolute Gasteiger partial charge is 0.251 e. The van der Waals surface area contributed by atoms with Crippen molar-refractivity contribution in [3.8, 4) is 0 Å². The summed E-state index contributed by atoms with van der Waals surface area (Å²) in [5.41, 5.74) is 5.99. The van der Waals surface area contributed by atoms with Crippen molar-refractivity contribution >= 4 is 5.91 Å². The molecule has 4 N–H and O–H groups in total. The number of hydrogen-bond acceptors (Lipinski definition) is 3. The first-order valence-electron chi connectivity index (χ1n) is 6.32. The van der Waals surface area contributed by atoms with Crippen LogP contribution in [0.3, 0.4) is 0 Å². The van der Waals surface area contributed by atoms with Crippen molar-refractivity contribution < 1.29 is 4.79 Å². The van der Waals surface area contributed by atoms with Gasteiger partial charge < -0.3 is 16.0 Å². The average molecular weight is 249 g/mol. The highest BCUT2D eigenvalue weighted by molar-refractivity contribution is 5.93. The molecule has 0 saturated heterocycles. The molecule has 0 unspecified atom stereocenters. The Bertz CT molecular complexity index is 475. The first-order chi connectivity index (χ1) is 8.65. The third-order valence-corrected chi connectivity index (χ3v) is 3.76. The summed E-state index contributed by atoms with van der Waals surface area (Å²) >= 11 is 0. The summed E-state index contributed by atoms with van der Waals surface area (Å²) in [5, 5.41) is 2.89. The van der Waals surface area contributed by atoms with Crippen molar-refractivity contribution in [1.29, 1.82) is 0 Å². The Balaban J connectivity index is 1.98. The molecule has 1 aromatic rings. The van der Waals surface area contributed by atoms with E-state index in [0.717, 1.165) is 12.8 Å². The molecular formula is C13H19N3O2. The normalized spacial score (nSPS) is 17.6. The molecule has 1 aliphatic carbocycles. The van der Waals surface area contributed by atoms with Gasteiger partial charge in [0.25, 0.3) is 5.91 Å². The highest BCUT2D eigenvalue weighted by Gasteiger charge is 2.32. The van der Waals surface area contributed by atoms with Crippen molar-refractivity contribution in [2.24, 2.45) is 11.1 Å². The van der Waals surface area contributed by atoms with Crippen LogP contribution in [0.15, 0.2) is 23.1 Å². The van der Waals surface area contributed by atoms with E-state index >= 15 is 0 Å². The van der Waals surface area contributed by atoms with Gasteiger partial charge in [-0.1, -0.05) is 12.8 Å². The van der Waals surface area contributed by atoms with Crippen LogP contribution in [0.2, 0.25) is 0 Å². The van der Waals surface area contributed by atoms with Crippen LogP contribution in [0.25, 0.3) is 0 Å². The molecule has 98 valence electrons. The van der Waals surface area contributed by atoms with Gasteiger partial charge in [0.2, 0.25) is 5.56 Å². The third-order valence-electron chi connectivity index (χ3n) is 3.76. The summed E-state index contributed by atoms with van der Waals surface area (Å²) in [6.45, 7) is 1.19. The molecule has 1 fully saturated rings. The highest BCUT2D eigenvalue weighted by atomic mass is 16.2. The largest absolute Gasteiger partial charge is 0.351 e. The maximum atomic E-state index is 11.9. The monoisotopic (exact) mass is 249 g/mol. The van der Waals surface area contributed by atoms with Crippen LogP contribution >= 0.6 is 0 Å². The van der Waals surface area contributed by atoms with Gasteiger partial charge in [0.1, 0.15) is 0 Å². The van der Waals surface area contributed by atoms with Crippen LogP contribution in [-0.2, 0) is 0 Å². The number of hydrogen-bond donors (Lipinski definition) is 3. The lowest BCUT2D eigenvalue weighted by Gasteiger charge is -2.27. The van der Waals surface area contributed by atoms with Crippen molar-refractivity contribution in [3.05, 3.63) is 34.2 Å². The SMILES string of the molecule is NCC1(CNC(=O)c2cc[nH]c(=O)c2)CCCC1. The number of aromatic amines is 1. The molecule has 0 radical (unpaired) electrons. The fraction of sp³-hybridized carbons (Fsp3) is 0.538. The fourth-order valence-electron chi connectivity index (χ4n) is 2.53. The topological polar surface area (TPSA) is 88.0 Å². The minimum Gasteiger partial charge on any atom is -0.351 e. The number of carbonyl (C=O) groups is 1. The van der Waals surface area contributed by atoms with Gasteiger partial charge in [-0.2, -0.15) is 0 Å². The molecule has 1 aliphatic rings. The van der Waals surface area contributed by atoms with Gasteiger partial charge >= 0.3 is 0 Å². The van der Waals surface area contributed by atoms with E-state index in [1.807, 2.05) is 0 Å². The molecule has 1 amide bonds. The summed E-state index contributed by atoms with van der Waals surface area (Å²) in [4.78, 5) is 25.5. The fourth-order valence-corrected chi connectivity index (χ4v) is 2.53. The van der Waals surface area contributed by atoms with Crippen LogP contribution in [0.1, 0.15) is 36.0 Å². The summed E-state index contributed by atoms with van der Waals surface area (Å²) in [6.07, 6.45) is 5.97. The Morgan fingerprint density at radius 2 is 2.17 bits per heavy atom. The maximum Gasteiger partial charge on any atom is 0.251 e. The van der Waals surface area contributed by atoms with E-state index in [9.17, 15) is 9.59 Å². The van der Waals surface area contributed by atoms with E-state index in [0.29, 0.717) is 18.7 Å². The van der Waals surface area contributed by atoms with E-state index < -0.39 is 0 Å². The number of nitrogens with one attached hydrogen (secondary N) is 2. The molecule has 2 rings (SSSR count). The lowest BCUT2D eigenvalue weighted by molar-refractivity contribution is 0.0932. The van der Waals surface area contributed by atoms with Crippen molar-refractivity contribution in [3.63, 3.8) is 0 Å². The van der Waals surface area contributed by atoms with E-state index in [-0.39, 0.29) is 16.9 Å². The van der Waals surface area contributed by atoms with E-state index in [2.05, 4.69) is 10.3 Å². The van der Waals surface area contributed by atoms with Gasteiger partial charge in [-0.3, -0.25) is 9.59 Å². The maximum absolute atomic E-state index is 11.9. The van der Waals surface area contributed by atoms with Crippen molar-refractivity contribution in [2.75, 3.05) is 13.1 Å². The summed E-state index contributed by atoms with van der Waals surface area (Å²) in [6, 6.07) is 2.90. The van der Waals surface area contributed by atoms with Gasteiger partial charge in [0, 0.05) is 24.4 Å². The number of pyridine rings is 1. The molecule has 0 atom stereocenters. The third kappa shape index (κ3) is 2.79. The Morgan fingerprint density at radius 3 is 2.78 bits per heavy atom. The second-order valence-corrected chi connectivity index (χ2v) is 5.04. The number of amides is 1. The number of aromatic nitrogens is 1. The minimum absolute atomic E-state index is 0.0524. The second-order valence-electron chi connectivity index (χ2n) is 5.04. The summed E-state index contributed by atoms with van der Waals surface area (Å²) in [5.74, 6) is -0.208. The molecule has 1 heterocycles. The van der Waals surface area contributed by atoms with Crippen LogP contribution in [0.4, 0.5) is 0 Å². The van der Waals surface area contributed by atoms with Crippen molar-refractivity contribution in [2.45, 2.75) is 25.7 Å². The molecular weight excluding hydrogens is 230 g/mol. The second kappa shape index (κ2) is 5.35. The van der Waals surface area contributed by atoms with Gasteiger partial charge in [0.05, 0.1) is 0 Å². The number of nitrogens with two attached hydrogens (primary N) is 1. The van der Waals surface area contributed by atoms with Gasteiger partial charge in [-0.15, -0.1) is 0 Å². The standard InChI is InChI=1S/C13H19N3O2/c14-8-13(4-1-2-5-13)9-16-12(18)10-3-6-15-11(17)7-10/h3,6-7H,1-2,4-5,8-9,14H2,(H,15,17)(H,16,18). The minimum atomic E-state index is -0.267. The number of carbonyl (C=O) groups excluding carboxylic acids is 1. The van der Waals surface area contributed by atoms with Crippen LogP contribution < -0.4 is 16.6 Å². The van der Waals surface area contributed by atoms with Gasteiger partial charge in [-0.25, -0.2) is 0 Å². The Hall–Kier alpha value is -1.62. The average Bonchev–Trinajstić information content (AvgIpc) is 2.85. The van der Waals surface area contributed by atoms with Gasteiger partial charge in [0.15, 0.2) is 0 Å². The summed E-state index contributed by atoms with van der Waals surface area (Å²) in [7, 11) is 0. The molecule has 5 nitrogen and oxygen atoms in total. The molecule has 0 aromatic carbocycles. The van der Waals surface area contributed by atoms with Crippen LogP contribution in [0.5, 0.6) is 0 Å². The lowest BCUT2D eigenvalue weighted by Crippen LogP contribution is -2.40. The van der Waals surface area contributed by atoms with Crippen LogP contribution in [-0.4, -0.2) is 24.0 Å². The first kappa shape index (κ1) is 12.8. The molecule has 0 bridgehead atoms. The van der Waals surface area contributed by atoms with Crippen LogP contribution in [0, 0.1) is 5.41 Å². The Kier molecular flexibility index (Phi) is 3.81. The lowest BCUT2D eigenvalue weighted by atomic mass is 9.86. The first-order valence-corrected chi connectivity index (χ1v) is 6.32. The molecule has 0 aliphatic heterocycles. The molecule has 1 aromatic heterocycles. The Labute approximate surface area is 106 Å². The zero-order valence-corrected chi connectivity index (χ0v) is 10.4. The predicted molar refractivity (Wildman–Crippen MR) is 69.4 cm³/mol. The van der Waals surface area contributed by atoms with E-state index in [1.165, 1.54) is 25.1 Å². The Morgan fingerprint density at radius 1 is 1.44 bits per heavy atom. The highest BCUT2D eigenvalue weighted by Crippen LogP contribution is 2.36. The zero-order chi connectivity index (χ0) is 13.0. The van der Waals surface area contributed by atoms with Gasteiger partial charge in [-0.05, 0) is 30.9 Å². The molecule has 1 saturated carbocycles. The molecule has 0 spiro atoms. The molecule has 18 heavy (non-hydrogen) atoms. The predicted octanol–water partition coefficient (Wildman–Crippen LogP) is 0.624. The van der Waals surface area contributed by atoms with Crippen molar-refractivity contribution in [1.82, 2.24) is 10.3 Å². The molecule has 5 heteroatoms. The number of H-pyrrole nitrogens is 1. The zero-order valence-electron chi connectivity index (χ0n) is 10.4. The quantitative estimate of drug-likeness (QED) is 0.731. The van der Waals surface area contributed by atoms with E-state index in [1.54, 1.807) is 6.07 Å². The summed E-state index contributed by atoms with van der Waals surface area (Å²) < 4.78 is 0. The number of rotatable bonds is 4. The van der Waals surface area contributed by atoms with E-state index in [4.69, 9.17) is 5.73 Å².